The third kappa shape index (κ3) is 3.60. The molecule has 1 aliphatic rings. The molecule has 0 aromatic heterocycles. The van der Waals surface area contributed by atoms with Crippen LogP contribution in [0.1, 0.15) is 11.6 Å². The number of benzene rings is 1. The summed E-state index contributed by atoms with van der Waals surface area (Å²) in [5, 5.41) is 3.25. The molecule has 0 aliphatic carbocycles. The quantitative estimate of drug-likeness (QED) is 0.782. The lowest BCUT2D eigenvalue weighted by Gasteiger charge is -2.35. The van der Waals surface area contributed by atoms with Crippen LogP contribution in [-0.4, -0.2) is 63.7 Å². The molecule has 1 saturated heterocycles. The Hall–Kier alpha value is -2.18. The van der Waals surface area contributed by atoms with E-state index < -0.39 is 0 Å². The van der Waals surface area contributed by atoms with Crippen molar-refractivity contribution in [2.24, 2.45) is 0 Å². The molecule has 1 aliphatic heterocycles. The van der Waals surface area contributed by atoms with E-state index in [2.05, 4.69) is 34.3 Å². The Morgan fingerprint density at radius 2 is 1.68 bits per heavy atom. The molecule has 1 N–H and O–H groups in total. The van der Waals surface area contributed by atoms with E-state index in [1.54, 1.807) is 0 Å². The van der Waals surface area contributed by atoms with Gasteiger partial charge in [-0.15, -0.1) is 0 Å². The predicted molar refractivity (Wildman–Crippen MR) is 102 cm³/mol. The number of likely N-dealkylation sites (N-methyl/N-ethyl adjacent to an activating group) is 2. The number of nitrogens with zero attached hydrogens (tertiary/aromatic N) is 3. The van der Waals surface area contributed by atoms with Gasteiger partial charge in [0.2, 0.25) is 0 Å². The molecule has 0 saturated carbocycles. The van der Waals surface area contributed by atoms with E-state index in [0.717, 1.165) is 26.2 Å². The molecule has 0 unspecified atom stereocenters. The first-order valence-corrected chi connectivity index (χ1v) is 8.71. The molecule has 25 heavy (non-hydrogen) atoms. The molecular weight excluding hydrogens is 316 g/mol. The molecule has 3 rings (SSSR count). The normalized spacial score (nSPS) is 17.2. The zero-order valence-electron chi connectivity index (χ0n) is 15.2. The van der Waals surface area contributed by atoms with Gasteiger partial charge in [0.1, 0.15) is 11.4 Å². The molecule has 0 amide bonds. The monoisotopic (exact) mass is 342 g/mol. The fraction of sp³-hybridized carbons (Fsp3) is 0.474. The van der Waals surface area contributed by atoms with Crippen LogP contribution >= 0.6 is 0 Å². The van der Waals surface area contributed by atoms with Gasteiger partial charge < -0.3 is 20.0 Å². The Bertz CT molecular complexity index is 772. The topological polar surface area (TPSA) is 55.9 Å². The summed E-state index contributed by atoms with van der Waals surface area (Å²) in [6.07, 6.45) is 0. The van der Waals surface area contributed by atoms with Crippen LogP contribution in [0.2, 0.25) is 0 Å². The Kier molecular flexibility index (Phi) is 5.20. The fourth-order valence-electron chi connectivity index (χ4n) is 3.35. The highest BCUT2D eigenvalue weighted by atomic mass is 16.2. The van der Waals surface area contributed by atoms with E-state index in [1.807, 2.05) is 37.2 Å². The van der Waals surface area contributed by atoms with Crippen LogP contribution in [0.4, 0.5) is 11.4 Å². The smallest absolute Gasteiger partial charge is 0.253 e. The minimum Gasteiger partial charge on any atom is -0.378 e. The molecule has 6 heteroatoms. The summed E-state index contributed by atoms with van der Waals surface area (Å²) in [6, 6.07) is 10.3. The summed E-state index contributed by atoms with van der Waals surface area (Å²) >= 11 is 0. The standard InChI is InChI=1S/C19H26N4O2/c1-21(2)15(14-7-5-4-6-8-14)13-20-16-17(19(25)18(16)24)23-11-9-22(3)10-12-23/h4-8,15,20H,9-13H2,1-3H3/t15-/m0/s1. The van der Waals surface area contributed by atoms with Crippen molar-refractivity contribution in [3.63, 3.8) is 0 Å². The van der Waals surface area contributed by atoms with Crippen LogP contribution in [0.5, 0.6) is 0 Å². The summed E-state index contributed by atoms with van der Waals surface area (Å²) in [6.45, 7) is 3.96. The summed E-state index contributed by atoms with van der Waals surface area (Å²) < 4.78 is 0. The number of hydrogen-bond acceptors (Lipinski definition) is 6. The molecule has 2 aromatic carbocycles. The maximum atomic E-state index is 12.1. The van der Waals surface area contributed by atoms with Crippen LogP contribution in [-0.2, 0) is 0 Å². The second kappa shape index (κ2) is 7.37. The molecule has 0 spiro atoms. The SMILES string of the molecule is CN1CCN(c2c(NC[C@@H](c3ccccc3)N(C)C)c(=O)c2=O)CC1. The average Bonchev–Trinajstić information content (AvgIpc) is 2.62. The number of piperazine rings is 1. The van der Waals surface area contributed by atoms with Crippen molar-refractivity contribution < 1.29 is 0 Å². The molecule has 2 aromatic rings. The molecular formula is C19H26N4O2. The van der Waals surface area contributed by atoms with Crippen LogP contribution in [0, 0.1) is 0 Å². The molecule has 1 heterocycles. The van der Waals surface area contributed by atoms with Crippen molar-refractivity contribution in [2.45, 2.75) is 6.04 Å². The fourth-order valence-corrected chi connectivity index (χ4v) is 3.35. The van der Waals surface area contributed by atoms with Crippen molar-refractivity contribution in [1.82, 2.24) is 9.80 Å². The molecule has 0 bridgehead atoms. The molecule has 1 fully saturated rings. The van der Waals surface area contributed by atoms with Gasteiger partial charge in [0.15, 0.2) is 0 Å². The van der Waals surface area contributed by atoms with Crippen LogP contribution in [0.15, 0.2) is 39.9 Å². The van der Waals surface area contributed by atoms with E-state index in [4.69, 9.17) is 0 Å². The highest BCUT2D eigenvalue weighted by Gasteiger charge is 2.28. The Morgan fingerprint density at radius 1 is 1.04 bits per heavy atom. The first kappa shape index (κ1) is 17.6. The lowest BCUT2D eigenvalue weighted by atomic mass is 10.1. The van der Waals surface area contributed by atoms with E-state index >= 15 is 0 Å². The maximum Gasteiger partial charge on any atom is 0.253 e. The van der Waals surface area contributed by atoms with Crippen LogP contribution < -0.4 is 21.1 Å². The summed E-state index contributed by atoms with van der Waals surface area (Å²) in [5.74, 6) is 0. The first-order valence-electron chi connectivity index (χ1n) is 8.71. The summed E-state index contributed by atoms with van der Waals surface area (Å²) in [4.78, 5) is 30.5. The van der Waals surface area contributed by atoms with Crippen LogP contribution in [0.25, 0.3) is 0 Å². The maximum absolute atomic E-state index is 12.1. The Labute approximate surface area is 148 Å². The van der Waals surface area contributed by atoms with E-state index in [9.17, 15) is 9.59 Å². The lowest BCUT2D eigenvalue weighted by molar-refractivity contribution is 0.310. The molecule has 134 valence electrons. The van der Waals surface area contributed by atoms with E-state index in [0.29, 0.717) is 17.9 Å². The Morgan fingerprint density at radius 3 is 2.28 bits per heavy atom. The highest BCUT2D eigenvalue weighted by molar-refractivity contribution is 5.75. The van der Waals surface area contributed by atoms with Gasteiger partial charge in [-0.05, 0) is 26.7 Å². The van der Waals surface area contributed by atoms with Crippen molar-refractivity contribution in [3.8, 4) is 0 Å². The number of rotatable bonds is 6. The van der Waals surface area contributed by atoms with Gasteiger partial charge in [-0.25, -0.2) is 0 Å². The largest absolute Gasteiger partial charge is 0.378 e. The number of hydrogen-bond donors (Lipinski definition) is 1. The van der Waals surface area contributed by atoms with Gasteiger partial charge >= 0.3 is 0 Å². The third-order valence-corrected chi connectivity index (χ3v) is 4.98. The van der Waals surface area contributed by atoms with Crippen molar-refractivity contribution in [3.05, 3.63) is 56.3 Å². The molecule has 6 nitrogen and oxygen atoms in total. The van der Waals surface area contributed by atoms with Gasteiger partial charge in [0.05, 0.1) is 6.04 Å². The molecule has 1 atom stereocenters. The van der Waals surface area contributed by atoms with E-state index in [1.165, 1.54) is 5.56 Å². The second-order valence-electron chi connectivity index (χ2n) is 6.94. The van der Waals surface area contributed by atoms with Gasteiger partial charge in [-0.2, -0.15) is 0 Å². The van der Waals surface area contributed by atoms with Gasteiger partial charge in [-0.3, -0.25) is 9.59 Å². The van der Waals surface area contributed by atoms with Crippen molar-refractivity contribution in [1.29, 1.82) is 0 Å². The van der Waals surface area contributed by atoms with Gasteiger partial charge in [-0.1, -0.05) is 30.3 Å². The third-order valence-electron chi connectivity index (χ3n) is 4.98. The van der Waals surface area contributed by atoms with Crippen LogP contribution in [0.3, 0.4) is 0 Å². The number of anilines is 2. The second-order valence-corrected chi connectivity index (χ2v) is 6.94. The van der Waals surface area contributed by atoms with Crippen molar-refractivity contribution in [2.75, 3.05) is 64.1 Å². The highest BCUT2D eigenvalue weighted by Crippen LogP contribution is 2.24. The number of nitrogens with one attached hydrogen (secondary N) is 1. The lowest BCUT2D eigenvalue weighted by Crippen LogP contribution is -2.50. The van der Waals surface area contributed by atoms with E-state index in [-0.39, 0.29) is 16.9 Å². The first-order chi connectivity index (χ1) is 12.0. The predicted octanol–water partition coefficient (Wildman–Crippen LogP) is 0.749. The minimum absolute atomic E-state index is 0.131. The summed E-state index contributed by atoms with van der Waals surface area (Å²) in [7, 11) is 6.10. The molecule has 0 radical (unpaired) electrons. The van der Waals surface area contributed by atoms with Crippen molar-refractivity contribution >= 4 is 11.4 Å². The summed E-state index contributed by atoms with van der Waals surface area (Å²) in [5.41, 5.74) is 1.49. The van der Waals surface area contributed by atoms with Gasteiger partial charge in [0, 0.05) is 32.7 Å². The minimum atomic E-state index is -0.389. The average molecular weight is 342 g/mol. The van der Waals surface area contributed by atoms with Gasteiger partial charge in [0.25, 0.3) is 10.9 Å². The Balaban J connectivity index is 1.74. The zero-order chi connectivity index (χ0) is 18.0. The zero-order valence-corrected chi connectivity index (χ0v) is 15.2.